The minimum Gasteiger partial charge on any atom is -0.465 e. The third-order valence-corrected chi connectivity index (χ3v) is 3.50. The molecule has 1 heterocycles. The molecule has 1 N–H and O–H groups in total. The lowest BCUT2D eigenvalue weighted by atomic mass is 9.97. The number of ether oxygens (including phenoxy) is 1. The van der Waals surface area contributed by atoms with Gasteiger partial charge in [0.05, 0.1) is 11.5 Å². The van der Waals surface area contributed by atoms with Gasteiger partial charge in [-0.15, -0.1) is 0 Å². The van der Waals surface area contributed by atoms with Gasteiger partial charge in [0, 0.05) is 13.1 Å². The molecule has 1 aliphatic heterocycles. The first-order valence-electron chi connectivity index (χ1n) is 6.64. The van der Waals surface area contributed by atoms with Gasteiger partial charge in [-0.25, -0.2) is 4.79 Å². The molecule has 8 heteroatoms. The number of hydrogen-bond acceptors (Lipinski definition) is 3. The topological polar surface area (TPSA) is 66.8 Å². The number of carboxylic acid groups (broad SMARTS) is 1. The van der Waals surface area contributed by atoms with Gasteiger partial charge < -0.3 is 14.7 Å². The van der Waals surface area contributed by atoms with Crippen LogP contribution in [0.1, 0.15) is 18.4 Å². The van der Waals surface area contributed by atoms with Gasteiger partial charge in [0.25, 0.3) is 0 Å². The summed E-state index contributed by atoms with van der Waals surface area (Å²) in [4.78, 5) is 23.9. The molecule has 0 aromatic heterocycles. The van der Waals surface area contributed by atoms with E-state index in [9.17, 15) is 22.8 Å². The predicted molar refractivity (Wildman–Crippen MR) is 69.4 cm³/mol. The molecule has 1 aromatic carbocycles. The number of nitrogens with zero attached hydrogens (tertiary/aromatic N) is 1. The van der Waals surface area contributed by atoms with E-state index in [1.807, 2.05) is 0 Å². The Morgan fingerprint density at radius 2 is 1.68 bits per heavy atom. The van der Waals surface area contributed by atoms with Gasteiger partial charge in [-0.1, -0.05) is 0 Å². The van der Waals surface area contributed by atoms with E-state index < -0.39 is 29.7 Å². The molecular weight excluding hydrogens is 303 g/mol. The van der Waals surface area contributed by atoms with E-state index in [-0.39, 0.29) is 18.8 Å². The number of halogens is 3. The number of amides is 1. The lowest BCUT2D eigenvalue weighted by molar-refractivity contribution is -0.140. The zero-order chi connectivity index (χ0) is 16.3. The fourth-order valence-electron chi connectivity index (χ4n) is 2.22. The Bertz CT molecular complexity index is 548. The van der Waals surface area contributed by atoms with Crippen molar-refractivity contribution in [3.63, 3.8) is 0 Å². The number of esters is 1. The zero-order valence-electron chi connectivity index (χ0n) is 11.5. The van der Waals surface area contributed by atoms with E-state index >= 15 is 0 Å². The van der Waals surface area contributed by atoms with Crippen LogP contribution in [0.15, 0.2) is 24.3 Å². The second-order valence-electron chi connectivity index (χ2n) is 4.99. The largest absolute Gasteiger partial charge is 0.465 e. The molecule has 0 unspecified atom stereocenters. The van der Waals surface area contributed by atoms with Crippen LogP contribution in [0.25, 0.3) is 0 Å². The molecule has 1 aromatic rings. The van der Waals surface area contributed by atoms with Gasteiger partial charge in [-0.05, 0) is 37.1 Å². The summed E-state index contributed by atoms with van der Waals surface area (Å²) >= 11 is 0. The summed E-state index contributed by atoms with van der Waals surface area (Å²) in [7, 11) is 0. The maximum absolute atomic E-state index is 12.4. The molecule has 22 heavy (non-hydrogen) atoms. The number of alkyl halides is 3. The van der Waals surface area contributed by atoms with Crippen LogP contribution in [0.4, 0.5) is 18.0 Å². The lowest BCUT2D eigenvalue weighted by Crippen LogP contribution is -2.40. The van der Waals surface area contributed by atoms with Crippen molar-refractivity contribution in [3.8, 4) is 5.75 Å². The van der Waals surface area contributed by atoms with E-state index in [1.54, 1.807) is 0 Å². The average molecular weight is 317 g/mol. The molecule has 0 bridgehead atoms. The smallest absolute Gasteiger partial charge is 0.416 e. The highest BCUT2D eigenvalue weighted by Gasteiger charge is 2.31. The van der Waals surface area contributed by atoms with E-state index in [4.69, 9.17) is 9.84 Å². The molecule has 0 aliphatic carbocycles. The fourth-order valence-corrected chi connectivity index (χ4v) is 2.22. The van der Waals surface area contributed by atoms with Gasteiger partial charge in [0.2, 0.25) is 0 Å². The van der Waals surface area contributed by atoms with Crippen molar-refractivity contribution >= 4 is 12.1 Å². The van der Waals surface area contributed by atoms with Gasteiger partial charge in [0.1, 0.15) is 5.75 Å². The number of likely N-dealkylation sites (tertiary alicyclic amines) is 1. The molecule has 1 saturated heterocycles. The van der Waals surface area contributed by atoms with E-state index in [0.717, 1.165) is 24.3 Å². The first-order chi connectivity index (χ1) is 10.3. The molecule has 1 aliphatic rings. The number of carbonyl (C=O) groups is 2. The molecule has 0 saturated carbocycles. The molecule has 1 amide bonds. The van der Waals surface area contributed by atoms with Crippen LogP contribution in [0, 0.1) is 5.92 Å². The minimum absolute atomic E-state index is 0.0404. The van der Waals surface area contributed by atoms with Gasteiger partial charge in [-0.2, -0.15) is 13.2 Å². The number of benzene rings is 1. The number of rotatable bonds is 2. The zero-order valence-corrected chi connectivity index (χ0v) is 11.5. The fraction of sp³-hybridized carbons (Fsp3) is 0.429. The molecule has 1 fully saturated rings. The summed E-state index contributed by atoms with van der Waals surface area (Å²) in [6.07, 6.45) is -4.79. The first kappa shape index (κ1) is 16.1. The Hall–Kier alpha value is -2.25. The van der Waals surface area contributed by atoms with Gasteiger partial charge in [-0.3, -0.25) is 4.79 Å². The summed E-state index contributed by atoms with van der Waals surface area (Å²) < 4.78 is 42.3. The SMILES string of the molecule is O=C(Oc1ccc(C(F)(F)F)cc1)C1CCN(C(=O)O)CC1. The second kappa shape index (κ2) is 6.25. The van der Waals surface area contributed by atoms with Crippen LogP contribution < -0.4 is 4.74 Å². The quantitative estimate of drug-likeness (QED) is 0.672. The maximum atomic E-state index is 12.4. The Morgan fingerprint density at radius 1 is 1.14 bits per heavy atom. The highest BCUT2D eigenvalue weighted by Crippen LogP contribution is 2.30. The first-order valence-corrected chi connectivity index (χ1v) is 6.64. The van der Waals surface area contributed by atoms with Crippen LogP contribution in [-0.4, -0.2) is 35.2 Å². The molecule has 2 rings (SSSR count). The lowest BCUT2D eigenvalue weighted by Gasteiger charge is -2.28. The van der Waals surface area contributed by atoms with Crippen LogP contribution in [0.2, 0.25) is 0 Å². The molecule has 5 nitrogen and oxygen atoms in total. The molecule has 0 spiro atoms. The van der Waals surface area contributed by atoms with E-state index in [2.05, 4.69) is 0 Å². The second-order valence-corrected chi connectivity index (χ2v) is 4.99. The highest BCUT2D eigenvalue weighted by molar-refractivity contribution is 5.75. The van der Waals surface area contributed by atoms with Crippen molar-refractivity contribution in [2.45, 2.75) is 19.0 Å². The van der Waals surface area contributed by atoms with Gasteiger partial charge in [0.15, 0.2) is 0 Å². The van der Waals surface area contributed by atoms with Crippen molar-refractivity contribution in [1.82, 2.24) is 4.90 Å². The summed E-state index contributed by atoms with van der Waals surface area (Å²) in [5, 5.41) is 8.81. The Kier molecular flexibility index (Phi) is 4.58. The summed E-state index contributed by atoms with van der Waals surface area (Å²) in [6.45, 7) is 0.476. The molecule has 0 atom stereocenters. The summed E-state index contributed by atoms with van der Waals surface area (Å²) in [5.74, 6) is -0.957. The summed E-state index contributed by atoms with van der Waals surface area (Å²) in [6, 6.07) is 3.87. The number of hydrogen-bond donors (Lipinski definition) is 1. The van der Waals surface area contributed by atoms with Crippen molar-refractivity contribution in [1.29, 1.82) is 0 Å². The van der Waals surface area contributed by atoms with Crippen molar-refractivity contribution in [3.05, 3.63) is 29.8 Å². The minimum atomic E-state index is -4.44. The van der Waals surface area contributed by atoms with Crippen LogP contribution in [-0.2, 0) is 11.0 Å². The molecule has 120 valence electrons. The van der Waals surface area contributed by atoms with E-state index in [1.165, 1.54) is 4.90 Å². The third kappa shape index (κ3) is 3.90. The Labute approximate surface area is 124 Å². The Morgan fingerprint density at radius 3 is 2.14 bits per heavy atom. The standard InChI is InChI=1S/C14H14F3NO4/c15-14(16,17)10-1-3-11(4-2-10)22-12(19)9-5-7-18(8-6-9)13(20)21/h1-4,9H,5-8H2,(H,20,21). The van der Waals surface area contributed by atoms with Gasteiger partial charge >= 0.3 is 18.2 Å². The summed E-state index contributed by atoms with van der Waals surface area (Å²) in [5.41, 5.74) is -0.818. The van der Waals surface area contributed by atoms with Crippen molar-refractivity contribution in [2.75, 3.05) is 13.1 Å². The Balaban J connectivity index is 1.91. The monoisotopic (exact) mass is 317 g/mol. The van der Waals surface area contributed by atoms with Crippen molar-refractivity contribution in [2.24, 2.45) is 5.92 Å². The molecule has 0 radical (unpaired) electrons. The van der Waals surface area contributed by atoms with Crippen molar-refractivity contribution < 1.29 is 32.6 Å². The van der Waals surface area contributed by atoms with Crippen LogP contribution in [0.5, 0.6) is 5.75 Å². The molecular formula is C14H14F3NO4. The van der Waals surface area contributed by atoms with Crippen LogP contribution >= 0.6 is 0 Å². The highest BCUT2D eigenvalue weighted by atomic mass is 19.4. The average Bonchev–Trinajstić information content (AvgIpc) is 2.47. The number of carbonyl (C=O) groups excluding carboxylic acids is 1. The number of piperidine rings is 1. The van der Waals surface area contributed by atoms with Crippen LogP contribution in [0.3, 0.4) is 0 Å². The third-order valence-electron chi connectivity index (χ3n) is 3.50. The maximum Gasteiger partial charge on any atom is 0.416 e. The predicted octanol–water partition coefficient (Wildman–Crippen LogP) is 3.00. The van der Waals surface area contributed by atoms with E-state index in [0.29, 0.717) is 12.8 Å². The normalized spacial score (nSPS) is 16.4.